The standard InChI is InChI=1S/C25H20FNO3/c26-20-9-5-19(6-10-20)24(29)22-3-1-2-4-23(22)25(30)27-15-13-18(14-16-27)17-7-11-21(28)12-8-17/h1-13,28H,14-16H2. The van der Waals surface area contributed by atoms with E-state index in [1.54, 1.807) is 41.3 Å². The van der Waals surface area contributed by atoms with E-state index in [4.69, 9.17) is 0 Å². The third-order valence-corrected chi connectivity index (χ3v) is 5.24. The van der Waals surface area contributed by atoms with Gasteiger partial charge in [0.15, 0.2) is 5.78 Å². The normalized spacial score (nSPS) is 13.6. The smallest absolute Gasteiger partial charge is 0.254 e. The molecule has 0 atom stereocenters. The monoisotopic (exact) mass is 401 g/mol. The van der Waals surface area contributed by atoms with Gasteiger partial charge in [0, 0.05) is 24.2 Å². The molecular formula is C25H20FNO3. The summed E-state index contributed by atoms with van der Waals surface area (Å²) >= 11 is 0. The lowest BCUT2D eigenvalue weighted by atomic mass is 9.96. The topological polar surface area (TPSA) is 57.6 Å². The Morgan fingerprint density at radius 1 is 0.867 bits per heavy atom. The minimum Gasteiger partial charge on any atom is -0.508 e. The number of nitrogens with zero attached hydrogens (tertiary/aromatic N) is 1. The van der Waals surface area contributed by atoms with Crippen molar-refractivity contribution in [2.75, 3.05) is 13.1 Å². The van der Waals surface area contributed by atoms with Crippen molar-refractivity contribution in [3.8, 4) is 5.75 Å². The molecule has 0 aliphatic carbocycles. The van der Waals surface area contributed by atoms with E-state index in [2.05, 4.69) is 0 Å². The number of aromatic hydroxyl groups is 1. The molecule has 0 radical (unpaired) electrons. The van der Waals surface area contributed by atoms with Gasteiger partial charge < -0.3 is 10.0 Å². The van der Waals surface area contributed by atoms with Crippen LogP contribution >= 0.6 is 0 Å². The first-order valence-electron chi connectivity index (χ1n) is 9.70. The van der Waals surface area contributed by atoms with Crippen molar-refractivity contribution in [1.29, 1.82) is 0 Å². The van der Waals surface area contributed by atoms with Gasteiger partial charge in [0.25, 0.3) is 5.91 Å². The maximum Gasteiger partial charge on any atom is 0.254 e. The summed E-state index contributed by atoms with van der Waals surface area (Å²) in [6.07, 6.45) is 2.68. The molecule has 0 aromatic heterocycles. The van der Waals surface area contributed by atoms with E-state index in [0.717, 1.165) is 11.1 Å². The van der Waals surface area contributed by atoms with E-state index in [-0.39, 0.29) is 17.4 Å². The van der Waals surface area contributed by atoms with Crippen molar-refractivity contribution >= 4 is 17.3 Å². The van der Waals surface area contributed by atoms with Crippen LogP contribution in [0.3, 0.4) is 0 Å². The molecule has 0 spiro atoms. The molecule has 3 aromatic rings. The predicted octanol–water partition coefficient (Wildman–Crippen LogP) is 4.69. The molecule has 0 saturated carbocycles. The summed E-state index contributed by atoms with van der Waals surface area (Å²) in [7, 11) is 0. The van der Waals surface area contributed by atoms with Crippen LogP contribution in [-0.4, -0.2) is 34.8 Å². The van der Waals surface area contributed by atoms with E-state index in [9.17, 15) is 19.1 Å². The SMILES string of the molecule is O=C(c1ccc(F)cc1)c1ccccc1C(=O)N1CC=C(c2ccc(O)cc2)CC1. The van der Waals surface area contributed by atoms with Crippen molar-refractivity contribution in [1.82, 2.24) is 4.90 Å². The highest BCUT2D eigenvalue weighted by Crippen LogP contribution is 2.25. The van der Waals surface area contributed by atoms with Crippen LogP contribution in [0.25, 0.3) is 5.57 Å². The van der Waals surface area contributed by atoms with E-state index in [1.165, 1.54) is 24.3 Å². The van der Waals surface area contributed by atoms with Gasteiger partial charge >= 0.3 is 0 Å². The van der Waals surface area contributed by atoms with Crippen LogP contribution in [0, 0.1) is 5.82 Å². The fraction of sp³-hybridized carbons (Fsp3) is 0.120. The molecule has 1 heterocycles. The minimum atomic E-state index is -0.416. The summed E-state index contributed by atoms with van der Waals surface area (Å²) in [5.41, 5.74) is 3.13. The quantitative estimate of drug-likeness (QED) is 0.645. The lowest BCUT2D eigenvalue weighted by Gasteiger charge is -2.27. The number of carbonyl (C=O) groups is 2. The number of phenols is 1. The van der Waals surface area contributed by atoms with Crippen molar-refractivity contribution in [2.45, 2.75) is 6.42 Å². The van der Waals surface area contributed by atoms with Crippen molar-refractivity contribution < 1.29 is 19.1 Å². The predicted molar refractivity (Wildman–Crippen MR) is 113 cm³/mol. The van der Waals surface area contributed by atoms with Gasteiger partial charge in [-0.25, -0.2) is 4.39 Å². The van der Waals surface area contributed by atoms with Crippen molar-refractivity contribution in [3.63, 3.8) is 0 Å². The minimum absolute atomic E-state index is 0.206. The average Bonchev–Trinajstić information content (AvgIpc) is 2.79. The van der Waals surface area contributed by atoms with Crippen molar-refractivity contribution in [2.24, 2.45) is 0 Å². The summed E-state index contributed by atoms with van der Waals surface area (Å²) in [6.45, 7) is 0.971. The first-order chi connectivity index (χ1) is 14.5. The van der Waals surface area contributed by atoms with Gasteiger partial charge in [-0.3, -0.25) is 9.59 Å². The van der Waals surface area contributed by atoms with Crippen molar-refractivity contribution in [3.05, 3.63) is 107 Å². The van der Waals surface area contributed by atoms with Gasteiger partial charge in [0.2, 0.25) is 0 Å². The Kier molecular flexibility index (Phi) is 5.44. The molecule has 1 aliphatic rings. The molecule has 0 saturated heterocycles. The first kappa shape index (κ1) is 19.6. The number of rotatable bonds is 4. The van der Waals surface area contributed by atoms with E-state index >= 15 is 0 Å². The first-order valence-corrected chi connectivity index (χ1v) is 9.70. The molecule has 0 fully saturated rings. The van der Waals surface area contributed by atoms with Gasteiger partial charge in [-0.15, -0.1) is 0 Å². The summed E-state index contributed by atoms with van der Waals surface area (Å²) in [6, 6.07) is 19.0. The van der Waals surface area contributed by atoms with E-state index in [0.29, 0.717) is 36.2 Å². The number of ketones is 1. The van der Waals surface area contributed by atoms with Gasteiger partial charge in [-0.1, -0.05) is 36.4 Å². The van der Waals surface area contributed by atoms with Gasteiger partial charge in [-0.05, 0) is 60.0 Å². The van der Waals surface area contributed by atoms with Crippen LogP contribution in [-0.2, 0) is 0 Å². The summed E-state index contributed by atoms with van der Waals surface area (Å²) < 4.78 is 13.2. The van der Waals surface area contributed by atoms with Crippen LogP contribution < -0.4 is 0 Å². The number of hydrogen-bond donors (Lipinski definition) is 1. The second-order valence-electron chi connectivity index (χ2n) is 7.16. The number of benzene rings is 3. The summed E-state index contributed by atoms with van der Waals surface area (Å²) in [5.74, 6) is -0.715. The highest BCUT2D eigenvalue weighted by Gasteiger charge is 2.24. The molecule has 4 rings (SSSR count). The Morgan fingerprint density at radius 3 is 2.17 bits per heavy atom. The number of halogens is 1. The number of phenolic OH excluding ortho intramolecular Hbond substituents is 1. The highest BCUT2D eigenvalue weighted by molar-refractivity contribution is 6.15. The molecule has 5 heteroatoms. The average molecular weight is 401 g/mol. The largest absolute Gasteiger partial charge is 0.508 e. The second-order valence-corrected chi connectivity index (χ2v) is 7.16. The highest BCUT2D eigenvalue weighted by atomic mass is 19.1. The Labute approximate surface area is 173 Å². The van der Waals surface area contributed by atoms with Gasteiger partial charge in [-0.2, -0.15) is 0 Å². The zero-order valence-electron chi connectivity index (χ0n) is 16.2. The molecule has 150 valence electrons. The Morgan fingerprint density at radius 2 is 1.53 bits per heavy atom. The van der Waals surface area contributed by atoms with Crippen LogP contribution in [0.15, 0.2) is 78.9 Å². The second kappa shape index (κ2) is 8.33. The fourth-order valence-electron chi connectivity index (χ4n) is 3.59. The summed E-state index contributed by atoms with van der Waals surface area (Å²) in [4.78, 5) is 27.8. The molecule has 1 aliphatic heterocycles. The third-order valence-electron chi connectivity index (χ3n) is 5.24. The maximum absolute atomic E-state index is 13.2. The van der Waals surface area contributed by atoms with Crippen LogP contribution in [0.5, 0.6) is 5.75 Å². The van der Waals surface area contributed by atoms with E-state index in [1.807, 2.05) is 18.2 Å². The third kappa shape index (κ3) is 4.01. The zero-order valence-corrected chi connectivity index (χ0v) is 16.2. The van der Waals surface area contributed by atoms with Gasteiger partial charge in [0.05, 0.1) is 5.56 Å². The molecular weight excluding hydrogens is 381 g/mol. The summed E-state index contributed by atoms with van der Waals surface area (Å²) in [5, 5.41) is 9.44. The Bertz CT molecular complexity index is 1120. The molecule has 4 nitrogen and oxygen atoms in total. The lowest BCUT2D eigenvalue weighted by Crippen LogP contribution is -2.35. The molecule has 1 N–H and O–H groups in total. The van der Waals surface area contributed by atoms with Crippen LogP contribution in [0.2, 0.25) is 0 Å². The van der Waals surface area contributed by atoms with Gasteiger partial charge in [0.1, 0.15) is 11.6 Å². The van der Waals surface area contributed by atoms with Crippen LogP contribution in [0.1, 0.15) is 38.3 Å². The number of carbonyl (C=O) groups excluding carboxylic acids is 2. The molecule has 0 unspecified atom stereocenters. The molecule has 1 amide bonds. The number of hydrogen-bond acceptors (Lipinski definition) is 3. The lowest BCUT2D eigenvalue weighted by molar-refractivity contribution is 0.0768. The molecule has 0 bridgehead atoms. The zero-order chi connectivity index (χ0) is 21.1. The number of amides is 1. The maximum atomic E-state index is 13.2. The van der Waals surface area contributed by atoms with E-state index < -0.39 is 5.82 Å². The van der Waals surface area contributed by atoms with Crippen LogP contribution in [0.4, 0.5) is 4.39 Å². The Balaban J connectivity index is 1.55. The Hall–Kier alpha value is -3.73. The molecule has 3 aromatic carbocycles. The fourth-order valence-corrected chi connectivity index (χ4v) is 3.59. The molecule has 30 heavy (non-hydrogen) atoms.